The molecule has 0 spiro atoms. The zero-order valence-electron chi connectivity index (χ0n) is 14.5. The van der Waals surface area contributed by atoms with E-state index in [2.05, 4.69) is 26.0 Å². The number of benzene rings is 2. The second-order valence-electron chi connectivity index (χ2n) is 5.79. The average molecular weight is 445 g/mol. The molecule has 1 N–H and O–H groups in total. The number of alkyl halides is 3. The molecule has 1 saturated heterocycles. The van der Waals surface area contributed by atoms with E-state index >= 15 is 0 Å². The second-order valence-corrected chi connectivity index (χ2v) is 6.70. The van der Waals surface area contributed by atoms with Crippen molar-refractivity contribution in [1.82, 2.24) is 5.32 Å². The summed E-state index contributed by atoms with van der Waals surface area (Å²) in [6, 6.07) is 13.9. The molecule has 2 aromatic carbocycles. The minimum Gasteiger partial charge on any atom is -0.463 e. The highest BCUT2D eigenvalue weighted by molar-refractivity contribution is 9.10. The smallest absolute Gasteiger partial charge is 0.418 e. The molecule has 0 aromatic heterocycles. The standard InChI is InChI=1S/C11H12BrF3N2.C8H8O2/c12-8-1-2-10(9(7-8)11(13,14)15)17-5-3-16-4-6-17;9-7-10-6-8-4-2-1-3-5-8/h1-2,7,16H,3-6H2;1-5,7H,6H2. The zero-order valence-corrected chi connectivity index (χ0v) is 16.1. The summed E-state index contributed by atoms with van der Waals surface area (Å²) >= 11 is 3.08. The first kappa shape index (κ1) is 21.2. The van der Waals surface area contributed by atoms with Gasteiger partial charge in [-0.05, 0) is 23.8 Å². The molecule has 0 atom stereocenters. The number of hydrogen-bond acceptors (Lipinski definition) is 4. The predicted molar refractivity (Wildman–Crippen MR) is 102 cm³/mol. The molecule has 4 nitrogen and oxygen atoms in total. The number of piperazine rings is 1. The fourth-order valence-electron chi connectivity index (χ4n) is 2.62. The summed E-state index contributed by atoms with van der Waals surface area (Å²) in [6.45, 7) is 3.45. The van der Waals surface area contributed by atoms with Gasteiger partial charge in [-0.2, -0.15) is 13.2 Å². The van der Waals surface area contributed by atoms with Crippen LogP contribution in [0.5, 0.6) is 0 Å². The molecule has 2 aromatic rings. The van der Waals surface area contributed by atoms with Gasteiger partial charge in [0.1, 0.15) is 6.61 Å². The highest BCUT2D eigenvalue weighted by Gasteiger charge is 2.35. The maximum Gasteiger partial charge on any atom is 0.418 e. The quantitative estimate of drug-likeness (QED) is 0.716. The third kappa shape index (κ3) is 6.88. The Morgan fingerprint density at radius 2 is 1.78 bits per heavy atom. The Balaban J connectivity index is 0.000000223. The lowest BCUT2D eigenvalue weighted by Crippen LogP contribution is -2.44. The van der Waals surface area contributed by atoms with Crippen LogP contribution in [0, 0.1) is 0 Å². The molecule has 0 aliphatic carbocycles. The Hall–Kier alpha value is -2.06. The lowest BCUT2D eigenvalue weighted by atomic mass is 10.1. The first-order valence-corrected chi connectivity index (χ1v) is 9.12. The molecule has 146 valence electrons. The highest BCUT2D eigenvalue weighted by Crippen LogP contribution is 2.38. The molecular formula is C19H20BrF3N2O2. The number of rotatable bonds is 4. The molecule has 0 amide bonds. The van der Waals surface area contributed by atoms with E-state index in [4.69, 9.17) is 0 Å². The second kappa shape index (κ2) is 10.3. The van der Waals surface area contributed by atoms with Gasteiger partial charge >= 0.3 is 6.18 Å². The summed E-state index contributed by atoms with van der Waals surface area (Å²) in [6.07, 6.45) is -4.32. The Kier molecular flexibility index (Phi) is 8.12. The number of carbonyl (C=O) groups excluding carboxylic acids is 1. The maximum atomic E-state index is 12.9. The Morgan fingerprint density at radius 1 is 1.11 bits per heavy atom. The molecule has 0 bridgehead atoms. The summed E-state index contributed by atoms with van der Waals surface area (Å²) in [5.74, 6) is 0. The van der Waals surface area contributed by atoms with Gasteiger partial charge in [0.2, 0.25) is 0 Å². The highest BCUT2D eigenvalue weighted by atomic mass is 79.9. The number of nitrogens with zero attached hydrogens (tertiary/aromatic N) is 1. The van der Waals surface area contributed by atoms with Gasteiger partial charge < -0.3 is 15.0 Å². The fourth-order valence-corrected chi connectivity index (χ4v) is 2.98. The van der Waals surface area contributed by atoms with Crippen LogP contribution in [0.15, 0.2) is 53.0 Å². The molecule has 8 heteroatoms. The molecule has 0 saturated carbocycles. The predicted octanol–water partition coefficient (Wildman–Crippen LogP) is 4.24. The number of anilines is 1. The Labute approximate surface area is 164 Å². The summed E-state index contributed by atoms with van der Waals surface area (Å²) in [5.41, 5.74) is 0.700. The van der Waals surface area contributed by atoms with Crippen molar-refractivity contribution in [1.29, 1.82) is 0 Å². The van der Waals surface area contributed by atoms with Crippen LogP contribution in [-0.4, -0.2) is 32.7 Å². The van der Waals surface area contributed by atoms with Gasteiger partial charge in [-0.1, -0.05) is 46.3 Å². The molecule has 0 unspecified atom stereocenters. The first-order chi connectivity index (χ1) is 12.9. The third-order valence-electron chi connectivity index (χ3n) is 3.88. The number of carbonyl (C=O) groups is 1. The fraction of sp³-hybridized carbons (Fsp3) is 0.316. The van der Waals surface area contributed by atoms with Crippen molar-refractivity contribution in [3.05, 3.63) is 64.1 Å². The Bertz CT molecular complexity index is 721. The van der Waals surface area contributed by atoms with Gasteiger partial charge in [0.05, 0.1) is 5.56 Å². The van der Waals surface area contributed by atoms with Gasteiger partial charge in [-0.25, -0.2) is 0 Å². The summed E-state index contributed by atoms with van der Waals surface area (Å²) in [4.78, 5) is 11.5. The van der Waals surface area contributed by atoms with Crippen LogP contribution >= 0.6 is 15.9 Å². The summed E-state index contributed by atoms with van der Waals surface area (Å²) in [5, 5.41) is 3.12. The van der Waals surface area contributed by atoms with Crippen LogP contribution in [0.2, 0.25) is 0 Å². The average Bonchev–Trinajstić information content (AvgIpc) is 2.68. The van der Waals surface area contributed by atoms with Crippen molar-refractivity contribution < 1.29 is 22.7 Å². The van der Waals surface area contributed by atoms with Crippen LogP contribution in [0.1, 0.15) is 11.1 Å². The lowest BCUT2D eigenvalue weighted by molar-refractivity contribution is -0.137. The minimum absolute atomic E-state index is 0.266. The van der Waals surface area contributed by atoms with Crippen LogP contribution in [0.4, 0.5) is 18.9 Å². The van der Waals surface area contributed by atoms with Gasteiger partial charge in [-0.3, -0.25) is 4.79 Å². The van der Waals surface area contributed by atoms with E-state index in [0.29, 0.717) is 43.7 Å². The van der Waals surface area contributed by atoms with Gasteiger partial charge in [0, 0.05) is 36.3 Å². The van der Waals surface area contributed by atoms with Crippen LogP contribution in [0.25, 0.3) is 0 Å². The summed E-state index contributed by atoms with van der Waals surface area (Å²) < 4.78 is 43.7. The van der Waals surface area contributed by atoms with E-state index in [1.807, 2.05) is 30.3 Å². The van der Waals surface area contributed by atoms with E-state index in [1.165, 1.54) is 6.07 Å². The third-order valence-corrected chi connectivity index (χ3v) is 4.38. The minimum atomic E-state index is -4.32. The molecule has 1 heterocycles. The number of hydrogen-bond donors (Lipinski definition) is 1. The molecule has 27 heavy (non-hydrogen) atoms. The van der Waals surface area contributed by atoms with Crippen molar-refractivity contribution in [3.8, 4) is 0 Å². The van der Waals surface area contributed by atoms with Gasteiger partial charge in [0.15, 0.2) is 0 Å². The number of halogens is 4. The largest absolute Gasteiger partial charge is 0.463 e. The zero-order chi connectivity index (χ0) is 19.7. The normalized spacial score (nSPS) is 14.1. The molecule has 1 aliphatic rings. The van der Waals surface area contributed by atoms with Gasteiger partial charge in [0.25, 0.3) is 6.47 Å². The van der Waals surface area contributed by atoms with Crippen molar-refractivity contribution in [3.63, 3.8) is 0 Å². The summed E-state index contributed by atoms with van der Waals surface area (Å²) in [7, 11) is 0. The lowest BCUT2D eigenvalue weighted by Gasteiger charge is -2.31. The van der Waals surface area contributed by atoms with Crippen molar-refractivity contribution in [2.75, 3.05) is 31.1 Å². The monoisotopic (exact) mass is 444 g/mol. The van der Waals surface area contributed by atoms with Crippen LogP contribution in [-0.2, 0) is 22.3 Å². The van der Waals surface area contributed by atoms with E-state index in [-0.39, 0.29) is 5.69 Å². The number of nitrogens with one attached hydrogen (secondary N) is 1. The van der Waals surface area contributed by atoms with Crippen molar-refractivity contribution in [2.24, 2.45) is 0 Å². The topological polar surface area (TPSA) is 41.6 Å². The van der Waals surface area contributed by atoms with E-state index < -0.39 is 11.7 Å². The molecule has 0 radical (unpaired) electrons. The molecule has 1 fully saturated rings. The first-order valence-electron chi connectivity index (χ1n) is 8.33. The molecule has 3 rings (SSSR count). The number of ether oxygens (including phenoxy) is 1. The van der Waals surface area contributed by atoms with E-state index in [1.54, 1.807) is 11.0 Å². The molecular weight excluding hydrogens is 425 g/mol. The van der Waals surface area contributed by atoms with Gasteiger partial charge in [-0.15, -0.1) is 0 Å². The van der Waals surface area contributed by atoms with Crippen molar-refractivity contribution in [2.45, 2.75) is 12.8 Å². The van der Waals surface area contributed by atoms with Crippen molar-refractivity contribution >= 4 is 28.1 Å². The van der Waals surface area contributed by atoms with E-state index in [0.717, 1.165) is 11.6 Å². The van der Waals surface area contributed by atoms with Crippen LogP contribution < -0.4 is 10.2 Å². The Morgan fingerprint density at radius 3 is 2.37 bits per heavy atom. The SMILES string of the molecule is FC(F)(F)c1cc(Br)ccc1N1CCNCC1.O=COCc1ccccc1. The van der Waals surface area contributed by atoms with E-state index in [9.17, 15) is 18.0 Å². The van der Waals surface area contributed by atoms with Crippen LogP contribution in [0.3, 0.4) is 0 Å². The molecule has 1 aliphatic heterocycles. The maximum absolute atomic E-state index is 12.9.